The molecule has 4 rings (SSSR count). The lowest BCUT2D eigenvalue weighted by Gasteiger charge is -2.39. The second-order valence-electron chi connectivity index (χ2n) is 11.3. The number of rotatable bonds is 9. The summed E-state index contributed by atoms with van der Waals surface area (Å²) < 4.78 is 9.41. The van der Waals surface area contributed by atoms with Gasteiger partial charge in [0.1, 0.15) is 17.8 Å². The second-order valence-corrected chi connectivity index (χ2v) is 17.0. The third kappa shape index (κ3) is 6.54. The van der Waals surface area contributed by atoms with Crippen LogP contribution in [0.4, 0.5) is 5.82 Å². The van der Waals surface area contributed by atoms with Gasteiger partial charge in [0.25, 0.3) is 0 Å². The van der Waals surface area contributed by atoms with Crippen LogP contribution in [0.3, 0.4) is 0 Å². The monoisotopic (exact) mass is 585 g/mol. The summed E-state index contributed by atoms with van der Waals surface area (Å²) in [5.41, 5.74) is 1.80. The predicted molar refractivity (Wildman–Crippen MR) is 150 cm³/mol. The topological polar surface area (TPSA) is 102 Å². The van der Waals surface area contributed by atoms with Crippen LogP contribution >= 0.6 is 15.9 Å². The lowest BCUT2D eigenvalue weighted by Crippen LogP contribution is -2.45. The zero-order valence-corrected chi connectivity index (χ0v) is 24.7. The number of nitrogens with zero attached hydrogens (tertiary/aromatic N) is 4. The maximum atomic E-state index is 13.4. The Labute approximate surface area is 228 Å². The SMILES string of the molecule is CC(C)(C)[Si](C)(C)O[C@H]1C[C@H](Nc2ncncc2C(=O)c2ccn(Cc3cccc(Br)c3)n2)C[C@H]1CO. The summed E-state index contributed by atoms with van der Waals surface area (Å²) in [6, 6.07) is 9.74. The molecule has 1 aliphatic rings. The van der Waals surface area contributed by atoms with Crippen LogP contribution in [0.25, 0.3) is 0 Å². The number of aromatic nitrogens is 4. The minimum atomic E-state index is -1.98. The summed E-state index contributed by atoms with van der Waals surface area (Å²) in [6.07, 6.45) is 6.24. The maximum absolute atomic E-state index is 13.4. The Kier molecular flexibility index (Phi) is 8.32. The summed E-state index contributed by atoms with van der Waals surface area (Å²) in [6.45, 7) is 11.8. The molecule has 0 amide bonds. The molecule has 0 unspecified atom stereocenters. The fraction of sp³-hybridized carbons (Fsp3) is 0.481. The zero-order valence-electron chi connectivity index (χ0n) is 22.1. The van der Waals surface area contributed by atoms with E-state index in [0.29, 0.717) is 23.6 Å². The third-order valence-electron chi connectivity index (χ3n) is 7.52. The number of anilines is 1. The Hall–Kier alpha value is -2.40. The Bertz CT molecular complexity index is 1240. The molecule has 0 bridgehead atoms. The predicted octanol–water partition coefficient (Wildman–Crippen LogP) is 5.29. The quantitative estimate of drug-likeness (QED) is 0.260. The van der Waals surface area contributed by atoms with Gasteiger partial charge in [0.15, 0.2) is 8.32 Å². The van der Waals surface area contributed by atoms with E-state index in [1.165, 1.54) is 12.5 Å². The van der Waals surface area contributed by atoms with Crippen LogP contribution in [0, 0.1) is 5.92 Å². The molecule has 2 N–H and O–H groups in total. The second kappa shape index (κ2) is 11.1. The van der Waals surface area contributed by atoms with Crippen LogP contribution in [0.1, 0.15) is 55.2 Å². The number of ketones is 1. The van der Waals surface area contributed by atoms with Gasteiger partial charge in [0.2, 0.25) is 5.78 Å². The number of carbonyl (C=O) groups is 1. The Morgan fingerprint density at radius 2 is 2.05 bits per heavy atom. The summed E-state index contributed by atoms with van der Waals surface area (Å²) in [4.78, 5) is 21.9. The first-order valence-corrected chi connectivity index (χ1v) is 16.3. The molecule has 2 aromatic heterocycles. The first kappa shape index (κ1) is 27.6. The van der Waals surface area contributed by atoms with E-state index in [9.17, 15) is 9.90 Å². The summed E-state index contributed by atoms with van der Waals surface area (Å²) in [7, 11) is -1.98. The highest BCUT2D eigenvalue weighted by Crippen LogP contribution is 2.41. The molecule has 0 radical (unpaired) electrons. The highest BCUT2D eigenvalue weighted by Gasteiger charge is 2.44. The van der Waals surface area contributed by atoms with E-state index in [-0.39, 0.29) is 35.5 Å². The first-order valence-electron chi connectivity index (χ1n) is 12.6. The molecule has 3 aromatic rings. The zero-order chi connectivity index (χ0) is 26.8. The van der Waals surface area contributed by atoms with Crippen molar-refractivity contribution in [2.24, 2.45) is 5.92 Å². The number of aliphatic hydroxyl groups is 1. The summed E-state index contributed by atoms with van der Waals surface area (Å²) in [5.74, 6) is 0.291. The van der Waals surface area contributed by atoms with Gasteiger partial charge in [-0.05, 0) is 54.7 Å². The van der Waals surface area contributed by atoms with E-state index in [4.69, 9.17) is 4.43 Å². The summed E-state index contributed by atoms with van der Waals surface area (Å²) in [5, 5.41) is 18.1. The van der Waals surface area contributed by atoms with Crippen molar-refractivity contribution < 1.29 is 14.3 Å². The third-order valence-corrected chi connectivity index (χ3v) is 12.5. The van der Waals surface area contributed by atoms with Gasteiger partial charge >= 0.3 is 0 Å². The fourth-order valence-corrected chi connectivity index (χ4v) is 6.28. The van der Waals surface area contributed by atoms with Crippen molar-refractivity contribution in [3.63, 3.8) is 0 Å². The van der Waals surface area contributed by atoms with Gasteiger partial charge in [-0.15, -0.1) is 0 Å². The van der Waals surface area contributed by atoms with Gasteiger partial charge in [-0.2, -0.15) is 5.10 Å². The Balaban J connectivity index is 1.47. The molecule has 198 valence electrons. The molecule has 0 saturated heterocycles. The number of halogens is 1. The molecule has 0 spiro atoms. The van der Waals surface area contributed by atoms with E-state index < -0.39 is 8.32 Å². The van der Waals surface area contributed by atoms with Crippen molar-refractivity contribution in [2.75, 3.05) is 11.9 Å². The molecule has 1 saturated carbocycles. The highest BCUT2D eigenvalue weighted by atomic mass is 79.9. The van der Waals surface area contributed by atoms with E-state index in [1.54, 1.807) is 16.9 Å². The number of hydrogen-bond acceptors (Lipinski definition) is 7. The normalized spacial score (nSPS) is 20.2. The lowest BCUT2D eigenvalue weighted by molar-refractivity contribution is 0.0980. The van der Waals surface area contributed by atoms with Gasteiger partial charge < -0.3 is 14.8 Å². The highest BCUT2D eigenvalue weighted by molar-refractivity contribution is 9.10. The van der Waals surface area contributed by atoms with Crippen molar-refractivity contribution in [2.45, 2.75) is 70.4 Å². The summed E-state index contributed by atoms with van der Waals surface area (Å²) >= 11 is 3.49. The molecule has 0 aliphatic heterocycles. The van der Waals surface area contributed by atoms with E-state index in [1.807, 2.05) is 24.3 Å². The largest absolute Gasteiger partial charge is 0.413 e. The number of carbonyl (C=O) groups excluding carboxylic acids is 1. The maximum Gasteiger partial charge on any atom is 0.218 e. The van der Waals surface area contributed by atoms with E-state index in [0.717, 1.165) is 22.9 Å². The average molecular weight is 587 g/mol. The van der Waals surface area contributed by atoms with Crippen molar-refractivity contribution >= 4 is 35.8 Å². The Morgan fingerprint density at radius 1 is 1.27 bits per heavy atom. The van der Waals surface area contributed by atoms with Gasteiger partial charge in [-0.25, -0.2) is 9.97 Å². The molecule has 8 nitrogen and oxygen atoms in total. The van der Waals surface area contributed by atoms with E-state index >= 15 is 0 Å². The molecule has 10 heteroatoms. The fourth-order valence-electron chi connectivity index (χ4n) is 4.43. The van der Waals surface area contributed by atoms with Crippen LogP contribution in [-0.2, 0) is 11.0 Å². The number of benzene rings is 1. The van der Waals surface area contributed by atoms with Gasteiger partial charge in [0, 0.05) is 35.4 Å². The average Bonchev–Trinajstić information content (AvgIpc) is 3.44. The van der Waals surface area contributed by atoms with Crippen LogP contribution < -0.4 is 5.32 Å². The van der Waals surface area contributed by atoms with Crippen LogP contribution in [0.2, 0.25) is 18.1 Å². The molecule has 37 heavy (non-hydrogen) atoms. The minimum Gasteiger partial charge on any atom is -0.413 e. The van der Waals surface area contributed by atoms with Gasteiger partial charge in [-0.1, -0.05) is 48.8 Å². The molecule has 1 fully saturated rings. The smallest absolute Gasteiger partial charge is 0.218 e. The van der Waals surface area contributed by atoms with Crippen molar-refractivity contribution in [3.8, 4) is 0 Å². The van der Waals surface area contributed by atoms with Crippen molar-refractivity contribution in [1.82, 2.24) is 19.7 Å². The van der Waals surface area contributed by atoms with Crippen molar-refractivity contribution in [3.05, 3.63) is 70.3 Å². The number of aliphatic hydroxyl groups excluding tert-OH is 1. The molecule has 3 atom stereocenters. The molecule has 2 heterocycles. The number of nitrogens with one attached hydrogen (secondary N) is 1. The van der Waals surface area contributed by atoms with Crippen molar-refractivity contribution in [1.29, 1.82) is 0 Å². The number of hydrogen-bond donors (Lipinski definition) is 2. The van der Waals surface area contributed by atoms with Gasteiger partial charge in [-0.3, -0.25) is 9.48 Å². The van der Waals surface area contributed by atoms with Crippen LogP contribution in [0.5, 0.6) is 0 Å². The molecular weight excluding hydrogens is 550 g/mol. The molecule has 1 aliphatic carbocycles. The van der Waals surface area contributed by atoms with E-state index in [2.05, 4.69) is 70.2 Å². The first-order chi connectivity index (χ1) is 17.5. The standard InChI is InChI=1S/C27H36BrN5O3Si/c1-27(2,3)37(4,5)36-24-13-21(12-19(24)16-34)31-26-22(14-29-17-30-26)25(35)23-9-10-33(32-23)15-18-7-6-8-20(28)11-18/h6-11,14,17,19,21,24,34H,12-13,15-16H2,1-5H3,(H,29,30,31)/t19-,21+,24-/m0/s1. The Morgan fingerprint density at radius 3 is 2.76 bits per heavy atom. The van der Waals surface area contributed by atoms with Crippen LogP contribution in [0.15, 0.2) is 53.5 Å². The lowest BCUT2D eigenvalue weighted by atomic mass is 10.1. The molecule has 1 aromatic carbocycles. The molecular formula is C27H36BrN5O3Si. The van der Waals surface area contributed by atoms with Gasteiger partial charge in [0.05, 0.1) is 18.2 Å². The van der Waals surface area contributed by atoms with Crippen LogP contribution in [-0.4, -0.2) is 57.7 Å². The minimum absolute atomic E-state index is 0.0295.